The van der Waals surface area contributed by atoms with Gasteiger partial charge in [-0.1, -0.05) is 97.4 Å². The van der Waals surface area contributed by atoms with Crippen LogP contribution in [0.4, 0.5) is 0 Å². The molecule has 2 atom stereocenters. The van der Waals surface area contributed by atoms with Gasteiger partial charge in [-0.15, -0.1) is 0 Å². The fourth-order valence-corrected chi connectivity index (χ4v) is 5.76. The Morgan fingerprint density at radius 3 is 1.62 bits per heavy atom. The lowest BCUT2D eigenvalue weighted by molar-refractivity contribution is -0.152. The van der Waals surface area contributed by atoms with Crippen molar-refractivity contribution in [2.45, 2.75) is 109 Å². The fraction of sp³-hybridized carbons (Fsp3) is 0.439. The van der Waals surface area contributed by atoms with Gasteiger partial charge in [-0.25, -0.2) is 4.79 Å². The second-order valence-corrected chi connectivity index (χ2v) is 12.9. The third kappa shape index (κ3) is 15.5. The van der Waals surface area contributed by atoms with Crippen LogP contribution in [0.1, 0.15) is 87.3 Å². The number of amides is 1. The molecule has 0 spiro atoms. The lowest BCUT2D eigenvalue weighted by atomic mass is 9.98. The molecule has 1 aliphatic rings. The summed E-state index contributed by atoms with van der Waals surface area (Å²) in [5.41, 5.74) is 2.46. The van der Waals surface area contributed by atoms with E-state index < -0.39 is 35.9 Å². The number of rotatable bonds is 21. The number of hydrogen-bond donors (Lipinski definition) is 2. The minimum absolute atomic E-state index is 0.00246. The normalized spacial score (nSPS) is 14.0. The lowest BCUT2D eigenvalue weighted by Crippen LogP contribution is -2.43. The van der Waals surface area contributed by atoms with Crippen LogP contribution in [0.2, 0.25) is 0 Å². The van der Waals surface area contributed by atoms with Gasteiger partial charge in [0.25, 0.3) is 0 Å². The molecule has 3 aromatic carbocycles. The summed E-state index contributed by atoms with van der Waals surface area (Å²) in [5, 5.41) is 5.85. The molecule has 0 aliphatic heterocycles. The van der Waals surface area contributed by atoms with Gasteiger partial charge in [0.1, 0.15) is 38.0 Å². The zero-order valence-corrected chi connectivity index (χ0v) is 29.7. The highest BCUT2D eigenvalue weighted by molar-refractivity contribution is 5.85. The Kier molecular flexibility index (Phi) is 17.4. The molecule has 11 nitrogen and oxygen atoms in total. The van der Waals surface area contributed by atoms with E-state index in [4.69, 9.17) is 18.9 Å². The van der Waals surface area contributed by atoms with Crippen molar-refractivity contribution in [1.82, 2.24) is 10.6 Å². The number of hydrogen-bond acceptors (Lipinski definition) is 10. The molecule has 1 saturated carbocycles. The van der Waals surface area contributed by atoms with Crippen molar-refractivity contribution in [2.24, 2.45) is 0 Å². The molecule has 278 valence electrons. The van der Waals surface area contributed by atoms with Gasteiger partial charge in [0.15, 0.2) is 0 Å². The first-order valence-corrected chi connectivity index (χ1v) is 18.2. The van der Waals surface area contributed by atoms with E-state index in [1.165, 1.54) is 0 Å². The van der Waals surface area contributed by atoms with Gasteiger partial charge < -0.3 is 29.6 Å². The van der Waals surface area contributed by atoms with Crippen LogP contribution in [0, 0.1) is 0 Å². The van der Waals surface area contributed by atoms with Crippen LogP contribution in [-0.2, 0) is 62.7 Å². The van der Waals surface area contributed by atoms with Gasteiger partial charge >= 0.3 is 23.9 Å². The first kappa shape index (κ1) is 39.8. The highest BCUT2D eigenvalue weighted by atomic mass is 16.5. The molecule has 52 heavy (non-hydrogen) atoms. The zero-order chi connectivity index (χ0) is 36.8. The molecular formula is C41H50N2O9. The van der Waals surface area contributed by atoms with E-state index in [0.717, 1.165) is 48.8 Å². The summed E-state index contributed by atoms with van der Waals surface area (Å²) in [7, 11) is 0. The highest BCUT2D eigenvalue weighted by Crippen LogP contribution is 2.21. The van der Waals surface area contributed by atoms with E-state index >= 15 is 0 Å². The van der Waals surface area contributed by atoms with Gasteiger partial charge in [0.2, 0.25) is 5.91 Å². The third-order valence-corrected chi connectivity index (χ3v) is 8.69. The van der Waals surface area contributed by atoms with Crippen molar-refractivity contribution < 1.29 is 42.9 Å². The van der Waals surface area contributed by atoms with Gasteiger partial charge in [-0.3, -0.25) is 19.2 Å². The maximum absolute atomic E-state index is 13.1. The number of ether oxygens (including phenoxy) is 4. The molecule has 1 aliphatic carbocycles. The predicted molar refractivity (Wildman–Crippen MR) is 193 cm³/mol. The smallest absolute Gasteiger partial charge is 0.328 e. The molecule has 0 radical (unpaired) electrons. The Hall–Kier alpha value is -5.03. The molecule has 4 rings (SSSR count). The molecule has 0 bridgehead atoms. The van der Waals surface area contributed by atoms with Gasteiger partial charge in [0.05, 0.1) is 0 Å². The second-order valence-electron chi connectivity index (χ2n) is 12.9. The lowest BCUT2D eigenvalue weighted by Gasteiger charge is -2.22. The van der Waals surface area contributed by atoms with E-state index in [2.05, 4.69) is 10.6 Å². The van der Waals surface area contributed by atoms with Crippen molar-refractivity contribution in [3.05, 3.63) is 108 Å². The number of benzene rings is 3. The topological polar surface area (TPSA) is 146 Å². The number of nitrogens with one attached hydrogen (secondary N) is 2. The number of esters is 4. The quantitative estimate of drug-likeness (QED) is 0.0780. The van der Waals surface area contributed by atoms with E-state index in [1.807, 2.05) is 91.0 Å². The monoisotopic (exact) mass is 714 g/mol. The van der Waals surface area contributed by atoms with Gasteiger partial charge in [0, 0.05) is 19.3 Å². The molecule has 3 aromatic rings. The highest BCUT2D eigenvalue weighted by Gasteiger charge is 2.26. The van der Waals surface area contributed by atoms with Crippen molar-refractivity contribution in [3.8, 4) is 0 Å². The molecule has 0 heterocycles. The van der Waals surface area contributed by atoms with E-state index in [1.54, 1.807) is 0 Å². The zero-order valence-electron chi connectivity index (χ0n) is 29.7. The van der Waals surface area contributed by atoms with E-state index in [9.17, 15) is 24.0 Å². The maximum atomic E-state index is 13.1. The summed E-state index contributed by atoms with van der Waals surface area (Å²) in [6.07, 6.45) is 5.36. The number of carbonyl (C=O) groups is 5. The van der Waals surface area contributed by atoms with Crippen molar-refractivity contribution >= 4 is 29.8 Å². The fourth-order valence-electron chi connectivity index (χ4n) is 5.76. The molecular weight excluding hydrogens is 664 g/mol. The van der Waals surface area contributed by atoms with Crippen LogP contribution < -0.4 is 10.6 Å². The summed E-state index contributed by atoms with van der Waals surface area (Å²) in [6.45, 7) is 0.481. The summed E-state index contributed by atoms with van der Waals surface area (Å²) in [5.74, 6) is -2.42. The van der Waals surface area contributed by atoms with Crippen LogP contribution in [0.3, 0.4) is 0 Å². The van der Waals surface area contributed by atoms with Crippen LogP contribution in [0.25, 0.3) is 0 Å². The summed E-state index contributed by atoms with van der Waals surface area (Å²) in [6, 6.07) is 25.8. The van der Waals surface area contributed by atoms with E-state index in [0.29, 0.717) is 6.42 Å². The Bertz CT molecular complexity index is 1530. The third-order valence-electron chi connectivity index (χ3n) is 8.69. The van der Waals surface area contributed by atoms with Crippen LogP contribution in [-0.4, -0.2) is 54.5 Å². The molecule has 0 saturated heterocycles. The molecule has 1 amide bonds. The summed E-state index contributed by atoms with van der Waals surface area (Å²) >= 11 is 0. The maximum Gasteiger partial charge on any atom is 0.328 e. The van der Waals surface area contributed by atoms with Gasteiger partial charge in [-0.05, 0) is 68.2 Å². The molecule has 2 N–H and O–H groups in total. The average molecular weight is 715 g/mol. The Balaban J connectivity index is 1.26. The summed E-state index contributed by atoms with van der Waals surface area (Å²) in [4.78, 5) is 64.3. The SMILES string of the molecule is O=C(CCCN[C@@H](CCC(=O)OC1CCCCC1)C(=O)OCc1ccccc1)NC(CCC(=O)OCc1ccccc1)C(=O)OCc1ccccc1. The Morgan fingerprint density at radius 2 is 1.06 bits per heavy atom. The van der Waals surface area contributed by atoms with Crippen molar-refractivity contribution in [3.63, 3.8) is 0 Å². The molecule has 1 fully saturated rings. The van der Waals surface area contributed by atoms with Crippen molar-refractivity contribution in [2.75, 3.05) is 6.54 Å². The largest absolute Gasteiger partial charge is 0.462 e. The Labute approximate surface area is 305 Å². The summed E-state index contributed by atoms with van der Waals surface area (Å²) < 4.78 is 22.0. The first-order chi connectivity index (χ1) is 25.4. The van der Waals surface area contributed by atoms with E-state index in [-0.39, 0.29) is 70.5 Å². The van der Waals surface area contributed by atoms with Gasteiger partial charge in [-0.2, -0.15) is 0 Å². The van der Waals surface area contributed by atoms with Crippen LogP contribution in [0.5, 0.6) is 0 Å². The van der Waals surface area contributed by atoms with Crippen LogP contribution >= 0.6 is 0 Å². The minimum Gasteiger partial charge on any atom is -0.462 e. The van der Waals surface area contributed by atoms with Crippen molar-refractivity contribution in [1.29, 1.82) is 0 Å². The predicted octanol–water partition coefficient (Wildman–Crippen LogP) is 5.88. The first-order valence-electron chi connectivity index (χ1n) is 18.2. The molecule has 11 heteroatoms. The molecule has 1 unspecified atom stereocenters. The second kappa shape index (κ2) is 22.7. The average Bonchev–Trinajstić information content (AvgIpc) is 3.18. The number of carbonyl (C=O) groups excluding carboxylic acids is 5. The van der Waals surface area contributed by atoms with Crippen LogP contribution in [0.15, 0.2) is 91.0 Å². The standard InChI is InChI=1S/C41H50N2O9/c44-37(43-36(41(48)51-30-33-18-9-3-10-19-33)24-25-38(45)49-28-31-14-5-1-6-15-31)22-13-27-42-35(40(47)50-29-32-16-7-2-8-17-32)23-26-39(46)52-34-20-11-4-12-21-34/h1-3,5-10,14-19,34-36,42H,4,11-13,20-30H2,(H,43,44)/t35-,36?/m0/s1. The minimum atomic E-state index is -1.07. The Morgan fingerprint density at radius 1 is 0.577 bits per heavy atom. The molecule has 0 aromatic heterocycles.